The number of carboxylic acid groups (broad SMARTS) is 1. The molecule has 2 rings (SSSR count). The molecule has 9 heteroatoms. The van der Waals surface area contributed by atoms with E-state index in [-0.39, 0.29) is 18.3 Å². The van der Waals surface area contributed by atoms with Gasteiger partial charge in [0.15, 0.2) is 5.96 Å². The van der Waals surface area contributed by atoms with E-state index in [2.05, 4.69) is 10.3 Å². The van der Waals surface area contributed by atoms with Gasteiger partial charge in [0.05, 0.1) is 11.3 Å². The fourth-order valence-corrected chi connectivity index (χ4v) is 2.34. The normalized spacial score (nSPS) is 11.2. The number of benzene rings is 2. The third kappa shape index (κ3) is 6.98. The number of ether oxygens (including phenoxy) is 1. The van der Waals surface area contributed by atoms with Crippen molar-refractivity contribution in [2.24, 2.45) is 16.5 Å². The Labute approximate surface area is 167 Å². The van der Waals surface area contributed by atoms with Crippen molar-refractivity contribution >= 4 is 29.5 Å². The summed E-state index contributed by atoms with van der Waals surface area (Å²) in [5.74, 6) is -1.68. The van der Waals surface area contributed by atoms with Crippen LogP contribution in [0, 0.1) is 0 Å². The summed E-state index contributed by atoms with van der Waals surface area (Å²) >= 11 is 0. The molecule has 2 aromatic carbocycles. The van der Waals surface area contributed by atoms with Crippen LogP contribution in [0.1, 0.15) is 29.3 Å². The number of hydrogen-bond acceptors (Lipinski definition) is 5. The number of nitrogens with zero attached hydrogens (tertiary/aromatic N) is 1. The van der Waals surface area contributed by atoms with Gasteiger partial charge in [-0.2, -0.15) is 0 Å². The van der Waals surface area contributed by atoms with Crippen LogP contribution in [0.2, 0.25) is 0 Å². The van der Waals surface area contributed by atoms with Gasteiger partial charge in [-0.15, -0.1) is 0 Å². The van der Waals surface area contributed by atoms with Crippen LogP contribution < -0.4 is 21.5 Å². The number of aliphatic carboxylic acids is 1. The predicted octanol–water partition coefficient (Wildman–Crippen LogP) is 1.33. The van der Waals surface area contributed by atoms with Gasteiger partial charge in [-0.1, -0.05) is 12.1 Å². The van der Waals surface area contributed by atoms with E-state index in [0.29, 0.717) is 23.4 Å². The lowest BCUT2D eigenvalue weighted by molar-refractivity contribution is -0.141. The number of rotatable bonds is 8. The summed E-state index contributed by atoms with van der Waals surface area (Å²) in [7, 11) is 0. The van der Waals surface area contributed by atoms with Gasteiger partial charge in [0.1, 0.15) is 11.8 Å². The third-order valence-electron chi connectivity index (χ3n) is 3.88. The largest absolute Gasteiger partial charge is 0.480 e. The van der Waals surface area contributed by atoms with E-state index in [1.165, 1.54) is 6.92 Å². The average molecular weight is 398 g/mol. The number of hydrogen-bond donors (Lipinski definition) is 4. The number of carbonyl (C=O) groups excluding carboxylic acids is 2. The molecule has 1 atom stereocenters. The van der Waals surface area contributed by atoms with Crippen molar-refractivity contribution in [2.45, 2.75) is 25.8 Å². The molecule has 0 aromatic heterocycles. The third-order valence-corrected chi connectivity index (χ3v) is 3.88. The minimum absolute atomic E-state index is 0.0747. The van der Waals surface area contributed by atoms with Gasteiger partial charge in [0.2, 0.25) is 5.91 Å². The number of esters is 1. The standard InChI is InChI=1S/C20H22N4O5/c1-12(18(26)27)23-17(25)11-4-13-2-9-16(10-3-13)29-19(28)14-5-7-15(8-6-14)24-20(21)22/h2-3,5-10,12H,4,11H2,1H3,(H,23,25)(H,26,27)(H4,21,22,24)/t12-/m0/s1. The summed E-state index contributed by atoms with van der Waals surface area (Å²) in [5.41, 5.74) is 12.3. The SMILES string of the molecule is C[C@H](NC(=O)CCc1ccc(OC(=O)c2ccc(N=C(N)N)cc2)cc1)C(=O)O. The number of aliphatic imine (C=N–C) groups is 1. The first-order valence-corrected chi connectivity index (χ1v) is 8.77. The highest BCUT2D eigenvalue weighted by atomic mass is 16.5. The quantitative estimate of drug-likeness (QED) is 0.226. The molecule has 29 heavy (non-hydrogen) atoms. The number of nitrogens with one attached hydrogen (secondary N) is 1. The number of carboxylic acids is 1. The van der Waals surface area contributed by atoms with E-state index in [1.54, 1.807) is 48.5 Å². The molecule has 9 nitrogen and oxygen atoms in total. The van der Waals surface area contributed by atoms with Crippen LogP contribution in [0.25, 0.3) is 0 Å². The molecule has 0 aliphatic heterocycles. The van der Waals surface area contributed by atoms with Crippen molar-refractivity contribution in [3.05, 3.63) is 59.7 Å². The minimum atomic E-state index is -1.09. The second-order valence-corrected chi connectivity index (χ2v) is 6.24. The first-order chi connectivity index (χ1) is 13.7. The van der Waals surface area contributed by atoms with Crippen molar-refractivity contribution in [1.29, 1.82) is 0 Å². The summed E-state index contributed by atoms with van der Waals surface area (Å²) in [6.45, 7) is 1.40. The Morgan fingerprint density at radius 1 is 1.07 bits per heavy atom. The van der Waals surface area contributed by atoms with Crippen molar-refractivity contribution in [3.63, 3.8) is 0 Å². The average Bonchev–Trinajstić information content (AvgIpc) is 2.67. The summed E-state index contributed by atoms with van der Waals surface area (Å²) in [6.07, 6.45) is 0.581. The van der Waals surface area contributed by atoms with Crippen molar-refractivity contribution in [1.82, 2.24) is 5.32 Å². The van der Waals surface area contributed by atoms with Gasteiger partial charge in [-0.25, -0.2) is 9.79 Å². The molecule has 0 unspecified atom stereocenters. The summed E-state index contributed by atoms with van der Waals surface area (Å²) in [5, 5.41) is 11.2. The topological polar surface area (TPSA) is 157 Å². The molecular formula is C20H22N4O5. The highest BCUT2D eigenvalue weighted by Gasteiger charge is 2.14. The fourth-order valence-electron chi connectivity index (χ4n) is 2.34. The van der Waals surface area contributed by atoms with E-state index in [1.807, 2.05) is 0 Å². The Hall–Kier alpha value is -3.88. The Morgan fingerprint density at radius 2 is 1.69 bits per heavy atom. The summed E-state index contributed by atoms with van der Waals surface area (Å²) in [6, 6.07) is 12.1. The Kier molecular flexibility index (Phi) is 7.30. The van der Waals surface area contributed by atoms with Crippen LogP contribution in [-0.2, 0) is 16.0 Å². The molecule has 0 spiro atoms. The van der Waals surface area contributed by atoms with Gasteiger partial charge in [0.25, 0.3) is 0 Å². The molecule has 6 N–H and O–H groups in total. The molecule has 1 amide bonds. The van der Waals surface area contributed by atoms with Gasteiger partial charge in [-0.05, 0) is 55.3 Å². The lowest BCUT2D eigenvalue weighted by atomic mass is 10.1. The molecule has 2 aromatic rings. The number of carbonyl (C=O) groups is 3. The zero-order valence-corrected chi connectivity index (χ0v) is 15.8. The zero-order chi connectivity index (χ0) is 21.4. The maximum atomic E-state index is 12.2. The van der Waals surface area contributed by atoms with Crippen LogP contribution in [0.15, 0.2) is 53.5 Å². The van der Waals surface area contributed by atoms with Crippen molar-refractivity contribution in [2.75, 3.05) is 0 Å². The van der Waals surface area contributed by atoms with Crippen LogP contribution in [0.5, 0.6) is 5.75 Å². The van der Waals surface area contributed by atoms with Gasteiger partial charge in [-0.3, -0.25) is 9.59 Å². The number of nitrogens with two attached hydrogens (primary N) is 2. The van der Waals surface area contributed by atoms with Crippen LogP contribution in [-0.4, -0.2) is 35.0 Å². The zero-order valence-electron chi connectivity index (χ0n) is 15.8. The monoisotopic (exact) mass is 398 g/mol. The molecule has 0 aliphatic rings. The first-order valence-electron chi connectivity index (χ1n) is 8.77. The van der Waals surface area contributed by atoms with Crippen molar-refractivity contribution < 1.29 is 24.2 Å². The second kappa shape index (κ2) is 9.88. The second-order valence-electron chi connectivity index (χ2n) is 6.24. The summed E-state index contributed by atoms with van der Waals surface area (Å²) < 4.78 is 5.31. The molecule has 0 aliphatic carbocycles. The number of guanidine groups is 1. The molecule has 152 valence electrons. The molecule has 0 bridgehead atoms. The Balaban J connectivity index is 1.88. The maximum Gasteiger partial charge on any atom is 0.343 e. The first kappa shape index (κ1) is 21.4. The van der Waals surface area contributed by atoms with Crippen LogP contribution in [0.3, 0.4) is 0 Å². The van der Waals surface area contributed by atoms with E-state index in [0.717, 1.165) is 5.56 Å². The van der Waals surface area contributed by atoms with Crippen molar-refractivity contribution in [3.8, 4) is 5.75 Å². The molecule has 0 fully saturated rings. The van der Waals surface area contributed by atoms with E-state index in [4.69, 9.17) is 21.3 Å². The lowest BCUT2D eigenvalue weighted by Crippen LogP contribution is -2.38. The minimum Gasteiger partial charge on any atom is -0.480 e. The van der Waals surface area contributed by atoms with Crippen LogP contribution >= 0.6 is 0 Å². The van der Waals surface area contributed by atoms with Crippen LogP contribution in [0.4, 0.5) is 5.69 Å². The molecule has 0 saturated heterocycles. The number of amides is 1. The molecule has 0 radical (unpaired) electrons. The van der Waals surface area contributed by atoms with Gasteiger partial charge < -0.3 is 26.6 Å². The molecule has 0 heterocycles. The van der Waals surface area contributed by atoms with Gasteiger partial charge in [0, 0.05) is 6.42 Å². The van der Waals surface area contributed by atoms with E-state index in [9.17, 15) is 14.4 Å². The summed E-state index contributed by atoms with van der Waals surface area (Å²) in [4.78, 5) is 38.5. The molecule has 0 saturated carbocycles. The predicted molar refractivity (Wildman–Crippen MR) is 107 cm³/mol. The van der Waals surface area contributed by atoms with Gasteiger partial charge >= 0.3 is 11.9 Å². The smallest absolute Gasteiger partial charge is 0.343 e. The lowest BCUT2D eigenvalue weighted by Gasteiger charge is -2.09. The Bertz CT molecular complexity index is 903. The highest BCUT2D eigenvalue weighted by molar-refractivity contribution is 5.91. The highest BCUT2D eigenvalue weighted by Crippen LogP contribution is 2.17. The maximum absolute atomic E-state index is 12.2. The van der Waals surface area contributed by atoms with E-state index < -0.39 is 18.0 Å². The number of aryl methyl sites for hydroxylation is 1. The fraction of sp³-hybridized carbons (Fsp3) is 0.200. The van der Waals surface area contributed by atoms with E-state index >= 15 is 0 Å². The molecular weight excluding hydrogens is 376 g/mol. The Morgan fingerprint density at radius 3 is 2.24 bits per heavy atom.